The van der Waals surface area contributed by atoms with Crippen molar-refractivity contribution in [3.8, 4) is 5.75 Å². The zero-order chi connectivity index (χ0) is 22.3. The van der Waals surface area contributed by atoms with Crippen LogP contribution in [0.5, 0.6) is 5.75 Å². The molecule has 1 amide bonds. The Balaban J connectivity index is 1.42. The lowest BCUT2D eigenvalue weighted by molar-refractivity contribution is 0.0321. The number of sulfonamides is 1. The topological polar surface area (TPSA) is 116 Å². The summed E-state index contributed by atoms with van der Waals surface area (Å²) < 4.78 is 40.5. The first-order chi connectivity index (χ1) is 15.4. The minimum Gasteiger partial charge on any atom is -0.492 e. The summed E-state index contributed by atoms with van der Waals surface area (Å²) in [4.78, 5) is 13.0. The van der Waals surface area contributed by atoms with Crippen LogP contribution in [0.4, 0.5) is 0 Å². The van der Waals surface area contributed by atoms with E-state index < -0.39 is 22.2 Å². The zero-order valence-electron chi connectivity index (χ0n) is 17.3. The second-order valence-corrected chi connectivity index (χ2v) is 10.9. The van der Waals surface area contributed by atoms with E-state index in [0.29, 0.717) is 54.4 Å². The molecule has 1 saturated heterocycles. The van der Waals surface area contributed by atoms with Crippen LogP contribution in [0.1, 0.15) is 35.3 Å². The van der Waals surface area contributed by atoms with Gasteiger partial charge in [0, 0.05) is 31.6 Å². The summed E-state index contributed by atoms with van der Waals surface area (Å²) in [6.45, 7) is 1.53. The molecule has 1 aromatic heterocycles. The van der Waals surface area contributed by atoms with Gasteiger partial charge in [0.15, 0.2) is 0 Å². The molecule has 1 aromatic carbocycles. The molecule has 10 nitrogen and oxygen atoms in total. The summed E-state index contributed by atoms with van der Waals surface area (Å²) in [5.74, 6) is 0.0803. The summed E-state index contributed by atoms with van der Waals surface area (Å²) in [6.07, 6.45) is 3.32. The highest BCUT2D eigenvalue weighted by atomic mass is 35.5. The fourth-order valence-electron chi connectivity index (χ4n) is 3.95. The van der Waals surface area contributed by atoms with E-state index in [1.807, 2.05) is 0 Å². The van der Waals surface area contributed by atoms with Gasteiger partial charge in [0.05, 0.1) is 41.8 Å². The monoisotopic (exact) mass is 481 g/mol. The predicted molar refractivity (Wildman–Crippen MR) is 115 cm³/mol. The Hall–Kier alpha value is -2.21. The SMILES string of the molecule is O=C1N[C@H]2CN(S(=O)(=O)C3CC3)C[C@@H]2OCc2cn(nn2)CCCOc2cc1ccc2Cl. The van der Waals surface area contributed by atoms with Crippen molar-refractivity contribution in [2.45, 2.75) is 49.8 Å². The van der Waals surface area contributed by atoms with Crippen molar-refractivity contribution in [1.82, 2.24) is 24.6 Å². The molecule has 2 aliphatic heterocycles. The Labute approximate surface area is 190 Å². The lowest BCUT2D eigenvalue weighted by Crippen LogP contribution is -2.44. The van der Waals surface area contributed by atoms with Crippen LogP contribution in [0.15, 0.2) is 24.4 Å². The van der Waals surface area contributed by atoms with Crippen molar-refractivity contribution in [3.63, 3.8) is 0 Å². The van der Waals surface area contributed by atoms with Crippen molar-refractivity contribution in [2.75, 3.05) is 19.7 Å². The molecule has 4 bridgehead atoms. The largest absolute Gasteiger partial charge is 0.492 e. The van der Waals surface area contributed by atoms with E-state index in [0.717, 1.165) is 0 Å². The number of carbonyl (C=O) groups excluding carboxylic acids is 1. The Morgan fingerprint density at radius 2 is 2.06 bits per heavy atom. The molecule has 3 heterocycles. The first-order valence-electron chi connectivity index (χ1n) is 10.6. The number of hydrogen-bond donors (Lipinski definition) is 1. The van der Waals surface area contributed by atoms with E-state index in [9.17, 15) is 13.2 Å². The van der Waals surface area contributed by atoms with Gasteiger partial charge in [-0.25, -0.2) is 8.42 Å². The third-order valence-corrected chi connectivity index (χ3v) is 8.51. The highest BCUT2D eigenvalue weighted by Crippen LogP contribution is 2.33. The Morgan fingerprint density at radius 1 is 1.22 bits per heavy atom. The molecule has 5 rings (SSSR count). The lowest BCUT2D eigenvalue weighted by atomic mass is 10.1. The number of ether oxygens (including phenoxy) is 2. The predicted octanol–water partition coefficient (Wildman–Crippen LogP) is 1.21. The van der Waals surface area contributed by atoms with Crippen LogP contribution in [0.2, 0.25) is 5.02 Å². The van der Waals surface area contributed by atoms with Crippen LogP contribution in [0, 0.1) is 0 Å². The van der Waals surface area contributed by atoms with Crippen molar-refractivity contribution in [1.29, 1.82) is 0 Å². The summed E-state index contributed by atoms with van der Waals surface area (Å²) in [5, 5.41) is 11.3. The average Bonchev–Trinajstić information content (AvgIpc) is 3.42. The van der Waals surface area contributed by atoms with Gasteiger partial charge in [-0.2, -0.15) is 4.31 Å². The van der Waals surface area contributed by atoms with Gasteiger partial charge in [-0.3, -0.25) is 9.48 Å². The summed E-state index contributed by atoms with van der Waals surface area (Å²) in [6, 6.07) is 4.33. The molecule has 32 heavy (non-hydrogen) atoms. The number of aryl methyl sites for hydroxylation is 1. The van der Waals surface area contributed by atoms with Gasteiger partial charge in [0.2, 0.25) is 10.0 Å². The number of hydrogen-bond acceptors (Lipinski definition) is 7. The molecule has 172 valence electrons. The molecule has 0 radical (unpaired) electrons. The molecule has 2 fully saturated rings. The number of aromatic nitrogens is 3. The standard InChI is InChI=1S/C20H24ClN5O5S/c21-16-5-2-13-8-18(16)30-7-1-6-25-9-14(23-24-25)12-31-19-11-26(10-17(19)22-20(13)27)32(28,29)15-3-4-15/h2,5,8-9,15,17,19H,1,3-4,6-7,10-12H2,(H,22,27)/t17-,19-/m0/s1. The van der Waals surface area contributed by atoms with E-state index in [1.165, 1.54) is 4.31 Å². The number of nitrogens with one attached hydrogen (secondary N) is 1. The van der Waals surface area contributed by atoms with Gasteiger partial charge < -0.3 is 14.8 Å². The molecule has 0 spiro atoms. The first-order valence-corrected chi connectivity index (χ1v) is 12.5. The Bertz CT molecular complexity index is 1120. The Morgan fingerprint density at radius 3 is 2.88 bits per heavy atom. The average molecular weight is 482 g/mol. The van der Waals surface area contributed by atoms with E-state index in [4.69, 9.17) is 21.1 Å². The third kappa shape index (κ3) is 4.47. The summed E-state index contributed by atoms with van der Waals surface area (Å²) in [5.41, 5.74) is 1.02. The lowest BCUT2D eigenvalue weighted by Gasteiger charge is -2.20. The second kappa shape index (κ2) is 8.62. The fraction of sp³-hybridized carbons (Fsp3) is 0.550. The molecule has 12 heteroatoms. The van der Waals surface area contributed by atoms with Crippen LogP contribution in [-0.2, 0) is 27.9 Å². The van der Waals surface area contributed by atoms with Gasteiger partial charge in [-0.1, -0.05) is 16.8 Å². The second-order valence-electron chi connectivity index (χ2n) is 8.31. The van der Waals surface area contributed by atoms with Gasteiger partial charge >= 0.3 is 0 Å². The van der Waals surface area contributed by atoms with Crippen molar-refractivity contribution < 1.29 is 22.7 Å². The minimum absolute atomic E-state index is 0.166. The van der Waals surface area contributed by atoms with E-state index in [2.05, 4.69) is 15.6 Å². The van der Waals surface area contributed by atoms with Gasteiger partial charge in [0.25, 0.3) is 5.91 Å². The minimum atomic E-state index is -3.39. The first kappa shape index (κ1) is 21.6. The number of nitrogens with zero attached hydrogens (tertiary/aromatic N) is 4. The third-order valence-electron chi connectivity index (χ3n) is 5.87. The molecule has 2 atom stereocenters. The van der Waals surface area contributed by atoms with Crippen molar-refractivity contribution in [2.24, 2.45) is 0 Å². The van der Waals surface area contributed by atoms with E-state index in [1.54, 1.807) is 29.1 Å². The summed E-state index contributed by atoms with van der Waals surface area (Å²) >= 11 is 6.23. The highest BCUT2D eigenvalue weighted by Gasteiger charge is 2.46. The van der Waals surface area contributed by atoms with Gasteiger partial charge in [-0.05, 0) is 31.0 Å². The van der Waals surface area contributed by atoms with Gasteiger partial charge in [0.1, 0.15) is 11.4 Å². The molecule has 0 unspecified atom stereocenters. The number of carbonyl (C=O) groups is 1. The number of rotatable bonds is 2. The maximum absolute atomic E-state index is 13.0. The van der Waals surface area contributed by atoms with Crippen LogP contribution in [0.3, 0.4) is 0 Å². The fourth-order valence-corrected chi connectivity index (χ4v) is 6.00. The van der Waals surface area contributed by atoms with E-state index in [-0.39, 0.29) is 30.9 Å². The quantitative estimate of drug-likeness (QED) is 0.685. The normalized spacial score (nSPS) is 25.1. The number of halogens is 1. The van der Waals surface area contributed by atoms with Crippen molar-refractivity contribution >= 4 is 27.5 Å². The summed E-state index contributed by atoms with van der Waals surface area (Å²) in [7, 11) is -3.39. The molecule has 1 saturated carbocycles. The number of fused-ring (bicyclic) bond motifs is 5. The van der Waals surface area contributed by atoms with Crippen LogP contribution < -0.4 is 10.1 Å². The molecule has 1 N–H and O–H groups in total. The van der Waals surface area contributed by atoms with Gasteiger partial charge in [-0.15, -0.1) is 5.10 Å². The van der Waals surface area contributed by atoms with E-state index >= 15 is 0 Å². The van der Waals surface area contributed by atoms with Crippen LogP contribution in [-0.4, -0.2) is 70.7 Å². The smallest absolute Gasteiger partial charge is 0.251 e. The molecular weight excluding hydrogens is 458 g/mol. The molecule has 2 aromatic rings. The maximum atomic E-state index is 13.0. The van der Waals surface area contributed by atoms with Crippen LogP contribution >= 0.6 is 11.6 Å². The highest BCUT2D eigenvalue weighted by molar-refractivity contribution is 7.90. The zero-order valence-corrected chi connectivity index (χ0v) is 18.9. The molecule has 1 aliphatic carbocycles. The van der Waals surface area contributed by atoms with Crippen molar-refractivity contribution in [3.05, 3.63) is 40.7 Å². The Kier molecular flexibility index (Phi) is 5.82. The number of benzene rings is 1. The molecule has 3 aliphatic rings. The number of amides is 1. The maximum Gasteiger partial charge on any atom is 0.251 e. The molecular formula is C20H24ClN5O5S. The van der Waals surface area contributed by atoms with Crippen LogP contribution in [0.25, 0.3) is 0 Å².